The maximum Gasteiger partial charge on any atom is 0.241 e. The Kier molecular flexibility index (Phi) is 5.83. The molecule has 26 heavy (non-hydrogen) atoms. The van der Waals surface area contributed by atoms with Crippen molar-refractivity contribution in [3.8, 4) is 0 Å². The summed E-state index contributed by atoms with van der Waals surface area (Å²) in [6.45, 7) is 4.75. The molecule has 8 heteroatoms. The van der Waals surface area contributed by atoms with E-state index in [0.717, 1.165) is 31.0 Å². The van der Waals surface area contributed by atoms with Crippen molar-refractivity contribution in [3.05, 3.63) is 29.8 Å². The molecule has 0 bridgehead atoms. The van der Waals surface area contributed by atoms with Crippen molar-refractivity contribution in [2.75, 3.05) is 38.0 Å². The van der Waals surface area contributed by atoms with E-state index in [9.17, 15) is 18.4 Å². The largest absolute Gasteiger partial charge is 0.352 e. The van der Waals surface area contributed by atoms with Crippen LogP contribution in [0.5, 0.6) is 0 Å². The molecule has 1 aliphatic heterocycles. The number of hydrogen-bond donors (Lipinski definition) is 2. The molecule has 6 nitrogen and oxygen atoms in total. The number of amides is 2. The third kappa shape index (κ3) is 4.98. The Hall–Kier alpha value is -2.06. The van der Waals surface area contributed by atoms with Gasteiger partial charge >= 0.3 is 0 Å². The molecule has 2 amide bonds. The predicted molar refractivity (Wildman–Crippen MR) is 93.6 cm³/mol. The molecule has 1 unspecified atom stereocenters. The van der Waals surface area contributed by atoms with E-state index in [2.05, 4.69) is 15.5 Å². The molecule has 1 aromatic rings. The molecule has 1 saturated heterocycles. The van der Waals surface area contributed by atoms with Crippen molar-refractivity contribution in [2.24, 2.45) is 0 Å². The second-order valence-electron chi connectivity index (χ2n) is 6.94. The van der Waals surface area contributed by atoms with Crippen molar-refractivity contribution >= 4 is 17.5 Å². The van der Waals surface area contributed by atoms with Crippen LogP contribution in [0.2, 0.25) is 0 Å². The average molecular weight is 366 g/mol. The Labute approximate surface area is 151 Å². The van der Waals surface area contributed by atoms with Crippen molar-refractivity contribution in [2.45, 2.75) is 31.8 Å². The Bertz CT molecular complexity index is 673. The van der Waals surface area contributed by atoms with Crippen LogP contribution in [0.25, 0.3) is 0 Å². The van der Waals surface area contributed by atoms with Crippen LogP contribution in [-0.2, 0) is 9.59 Å². The minimum atomic E-state index is -0.668. The van der Waals surface area contributed by atoms with Crippen molar-refractivity contribution < 1.29 is 18.4 Å². The molecular weight excluding hydrogens is 342 g/mol. The smallest absolute Gasteiger partial charge is 0.241 e. The van der Waals surface area contributed by atoms with Gasteiger partial charge < -0.3 is 10.6 Å². The standard InChI is InChI=1S/C18H24F2N4O2/c1-12(18(26)22-16-10-13(19)2-5-15(16)20)24-8-6-23(7-9-24)11-17(25)21-14-3-4-14/h2,5,10,12,14H,3-4,6-9,11H2,1H3,(H,21,25)(H,22,26). The van der Waals surface area contributed by atoms with E-state index in [1.54, 1.807) is 6.92 Å². The fraction of sp³-hybridized carbons (Fsp3) is 0.556. The highest BCUT2D eigenvalue weighted by Gasteiger charge is 2.28. The zero-order chi connectivity index (χ0) is 18.7. The van der Waals surface area contributed by atoms with Crippen LogP contribution in [0.3, 0.4) is 0 Å². The van der Waals surface area contributed by atoms with Crippen molar-refractivity contribution in [1.82, 2.24) is 15.1 Å². The maximum atomic E-state index is 13.7. The van der Waals surface area contributed by atoms with E-state index in [1.807, 2.05) is 4.90 Å². The van der Waals surface area contributed by atoms with Crippen LogP contribution in [0.1, 0.15) is 19.8 Å². The number of nitrogens with one attached hydrogen (secondary N) is 2. The van der Waals surface area contributed by atoms with Gasteiger partial charge in [0, 0.05) is 38.3 Å². The molecule has 2 fully saturated rings. The van der Waals surface area contributed by atoms with E-state index in [1.165, 1.54) is 0 Å². The number of carbonyl (C=O) groups excluding carboxylic acids is 2. The molecule has 1 atom stereocenters. The molecule has 0 aromatic heterocycles. The summed E-state index contributed by atoms with van der Waals surface area (Å²) in [7, 11) is 0. The van der Waals surface area contributed by atoms with Gasteiger partial charge in [-0.3, -0.25) is 19.4 Å². The second kappa shape index (κ2) is 8.09. The first-order valence-corrected chi connectivity index (χ1v) is 8.94. The van der Waals surface area contributed by atoms with E-state index in [0.29, 0.717) is 38.8 Å². The molecule has 3 rings (SSSR count). The van der Waals surface area contributed by atoms with E-state index in [-0.39, 0.29) is 17.5 Å². The summed E-state index contributed by atoms with van der Waals surface area (Å²) in [4.78, 5) is 28.2. The van der Waals surface area contributed by atoms with Gasteiger partial charge in [0.2, 0.25) is 11.8 Å². The predicted octanol–water partition coefficient (Wildman–Crippen LogP) is 1.19. The van der Waals surface area contributed by atoms with Crippen LogP contribution in [0.15, 0.2) is 18.2 Å². The minimum Gasteiger partial charge on any atom is -0.352 e. The molecule has 1 aromatic carbocycles. The number of halogens is 2. The Morgan fingerprint density at radius 2 is 1.88 bits per heavy atom. The summed E-state index contributed by atoms with van der Waals surface area (Å²) in [5, 5.41) is 5.41. The van der Waals surface area contributed by atoms with Gasteiger partial charge in [-0.15, -0.1) is 0 Å². The Morgan fingerprint density at radius 3 is 2.54 bits per heavy atom. The van der Waals surface area contributed by atoms with Crippen LogP contribution < -0.4 is 10.6 Å². The molecule has 1 aliphatic carbocycles. The number of carbonyl (C=O) groups is 2. The Morgan fingerprint density at radius 1 is 1.19 bits per heavy atom. The summed E-state index contributed by atoms with van der Waals surface area (Å²) in [6.07, 6.45) is 2.14. The maximum absolute atomic E-state index is 13.7. The Balaban J connectivity index is 1.46. The molecule has 1 heterocycles. The second-order valence-corrected chi connectivity index (χ2v) is 6.94. The summed E-state index contributed by atoms with van der Waals surface area (Å²) in [5.41, 5.74) is -0.155. The number of anilines is 1. The van der Waals surface area contributed by atoms with Gasteiger partial charge in [0.05, 0.1) is 18.3 Å². The lowest BCUT2D eigenvalue weighted by molar-refractivity contribution is -0.124. The first-order valence-electron chi connectivity index (χ1n) is 8.94. The van der Waals surface area contributed by atoms with E-state index < -0.39 is 17.7 Å². The third-order valence-corrected chi connectivity index (χ3v) is 4.83. The lowest BCUT2D eigenvalue weighted by Crippen LogP contribution is -2.54. The lowest BCUT2D eigenvalue weighted by atomic mass is 10.2. The van der Waals surface area contributed by atoms with Gasteiger partial charge in [-0.05, 0) is 31.9 Å². The van der Waals surface area contributed by atoms with Crippen LogP contribution >= 0.6 is 0 Å². The van der Waals surface area contributed by atoms with Gasteiger partial charge in [-0.1, -0.05) is 0 Å². The molecular formula is C18H24F2N4O2. The molecule has 142 valence electrons. The molecule has 0 spiro atoms. The quantitative estimate of drug-likeness (QED) is 0.794. The van der Waals surface area contributed by atoms with Crippen molar-refractivity contribution in [1.29, 1.82) is 0 Å². The number of rotatable bonds is 6. The van der Waals surface area contributed by atoms with Gasteiger partial charge in [0.25, 0.3) is 0 Å². The first kappa shape index (κ1) is 18.7. The van der Waals surface area contributed by atoms with Gasteiger partial charge in [0.1, 0.15) is 11.6 Å². The normalized spacial score (nSPS) is 19.8. The van der Waals surface area contributed by atoms with Crippen LogP contribution in [0, 0.1) is 11.6 Å². The van der Waals surface area contributed by atoms with Crippen LogP contribution in [-0.4, -0.2) is 66.4 Å². The molecule has 1 saturated carbocycles. The fourth-order valence-electron chi connectivity index (χ4n) is 3.01. The van der Waals surface area contributed by atoms with E-state index in [4.69, 9.17) is 0 Å². The highest BCUT2D eigenvalue weighted by Crippen LogP contribution is 2.19. The number of nitrogens with zero attached hydrogens (tertiary/aromatic N) is 2. The first-order chi connectivity index (χ1) is 12.4. The van der Waals surface area contributed by atoms with Crippen LogP contribution in [0.4, 0.5) is 14.5 Å². The highest BCUT2D eigenvalue weighted by atomic mass is 19.1. The van der Waals surface area contributed by atoms with Gasteiger partial charge in [-0.2, -0.15) is 0 Å². The SMILES string of the molecule is CC(C(=O)Nc1cc(F)ccc1F)N1CCN(CC(=O)NC2CC2)CC1. The molecule has 2 aliphatic rings. The monoisotopic (exact) mass is 366 g/mol. The van der Waals surface area contributed by atoms with Gasteiger partial charge in [0.15, 0.2) is 0 Å². The number of piperazine rings is 1. The zero-order valence-corrected chi connectivity index (χ0v) is 14.8. The summed E-state index contributed by atoms with van der Waals surface area (Å²) in [6, 6.07) is 2.85. The van der Waals surface area contributed by atoms with Crippen molar-refractivity contribution in [3.63, 3.8) is 0 Å². The average Bonchev–Trinajstić information content (AvgIpc) is 3.42. The highest BCUT2D eigenvalue weighted by molar-refractivity contribution is 5.94. The molecule has 0 radical (unpaired) electrons. The summed E-state index contributed by atoms with van der Waals surface area (Å²) >= 11 is 0. The summed E-state index contributed by atoms with van der Waals surface area (Å²) in [5.74, 6) is -1.60. The number of benzene rings is 1. The van der Waals surface area contributed by atoms with E-state index >= 15 is 0 Å². The topological polar surface area (TPSA) is 64.7 Å². The summed E-state index contributed by atoms with van der Waals surface area (Å²) < 4.78 is 26.9. The minimum absolute atomic E-state index is 0.0494. The zero-order valence-electron chi connectivity index (χ0n) is 14.8. The number of hydrogen-bond acceptors (Lipinski definition) is 4. The fourth-order valence-corrected chi connectivity index (χ4v) is 3.01. The molecule has 2 N–H and O–H groups in total. The van der Waals surface area contributed by atoms with Gasteiger partial charge in [-0.25, -0.2) is 8.78 Å². The lowest BCUT2D eigenvalue weighted by Gasteiger charge is -2.37. The third-order valence-electron chi connectivity index (χ3n) is 4.83.